The number of halogens is 4. The number of aromatic nitrogens is 1. The number of nitrogens with zero attached hydrogens (tertiary/aromatic N) is 4. The molecule has 3 aromatic rings. The first kappa shape index (κ1) is 72.3. The second-order valence-electron chi connectivity index (χ2n) is 19.2. The lowest BCUT2D eigenvalue weighted by atomic mass is 9.95. The van der Waals surface area contributed by atoms with E-state index in [0.717, 1.165) is 6.42 Å². The molecule has 3 N–H and O–H groups in total. The van der Waals surface area contributed by atoms with E-state index in [4.69, 9.17) is 62.5 Å². The number of fused-ring (bicyclic) bond motifs is 1. The van der Waals surface area contributed by atoms with Crippen molar-refractivity contribution in [1.82, 2.24) is 14.4 Å². The number of amides is 1. The van der Waals surface area contributed by atoms with E-state index in [2.05, 4.69) is 14.7 Å². The number of pyridine rings is 1. The highest BCUT2D eigenvalue weighted by Crippen LogP contribution is 2.35. The molecule has 5 rings (SSSR count). The fourth-order valence-corrected chi connectivity index (χ4v) is 10.4. The van der Waals surface area contributed by atoms with Gasteiger partial charge in [0.15, 0.2) is 16.5 Å². The number of ketones is 1. The lowest BCUT2D eigenvalue weighted by Crippen LogP contribution is -2.49. The van der Waals surface area contributed by atoms with Crippen molar-refractivity contribution in [2.45, 2.75) is 62.2 Å². The monoisotopic (exact) mass is 1280 g/mol. The maximum absolute atomic E-state index is 14.0. The van der Waals surface area contributed by atoms with Crippen molar-refractivity contribution in [3.63, 3.8) is 0 Å². The zero-order chi connectivity index (χ0) is 63.0. The molecule has 1 fully saturated rings. The van der Waals surface area contributed by atoms with Gasteiger partial charge in [-0.25, -0.2) is 27.3 Å². The van der Waals surface area contributed by atoms with Gasteiger partial charge in [-0.2, -0.15) is 21.5 Å². The van der Waals surface area contributed by atoms with Gasteiger partial charge < -0.3 is 57.8 Å². The number of hydroxylamine groups is 2. The largest absolute Gasteiger partial charge is 0.420 e. The molecule has 25 nitrogen and oxygen atoms in total. The standard InChI is InChI=1S/C56H77F4N5O20S2/c1-3-11-65(84-4-2)56(68)43-32-42-7-6-41(34-47(42)63-48(61)35-43)44-33-46(37-62-36-44)86(69,70)64-38-40(39-64)5-8-45(66)9-12-74-14-16-76-18-20-78-22-24-80-26-28-82-30-31-83-29-27-81-25-23-79-21-19-77-17-15-75-13-10-49(67)85-54-50(57)52(59)55(87(71,72)73)53(60)51(54)58/h6-7,32-34,36-37,40H,3-5,8-31,35,38-39H2,1-2H3,(H2,61,63)(H,71,72,73). The van der Waals surface area contributed by atoms with Crippen LogP contribution in [0.5, 0.6) is 5.75 Å². The molecule has 0 atom stereocenters. The third-order valence-electron chi connectivity index (χ3n) is 12.6. The van der Waals surface area contributed by atoms with Crippen LogP contribution in [0.2, 0.25) is 0 Å². The Balaban J connectivity index is 0.753. The molecule has 3 heterocycles. The molecule has 0 unspecified atom stereocenters. The zero-order valence-corrected chi connectivity index (χ0v) is 50.4. The molecule has 1 amide bonds. The van der Waals surface area contributed by atoms with Gasteiger partial charge in [-0.15, -0.1) is 0 Å². The Bertz CT molecular complexity index is 2920. The number of carbonyl (C=O) groups excluding carboxylic acids is 3. The van der Waals surface area contributed by atoms with Crippen molar-refractivity contribution in [3.8, 4) is 16.9 Å². The number of esters is 1. The number of sulfonamides is 1. The highest BCUT2D eigenvalue weighted by molar-refractivity contribution is 7.89. The summed E-state index contributed by atoms with van der Waals surface area (Å²) in [7, 11) is -9.49. The Kier molecular flexibility index (Phi) is 32.2. The number of rotatable bonds is 46. The number of hydrogen-bond acceptors (Lipinski definition) is 22. The number of ether oxygens (including phenoxy) is 11. The van der Waals surface area contributed by atoms with Crippen LogP contribution in [-0.2, 0) is 86.7 Å². The lowest BCUT2D eigenvalue weighted by molar-refractivity contribution is -0.180. The summed E-state index contributed by atoms with van der Waals surface area (Å²) in [6.45, 7) is 10.8. The number of carbonyl (C=O) groups is 3. The van der Waals surface area contributed by atoms with Crippen LogP contribution in [0.15, 0.2) is 57.0 Å². The molecule has 2 aliphatic rings. The predicted molar refractivity (Wildman–Crippen MR) is 303 cm³/mol. The van der Waals surface area contributed by atoms with Gasteiger partial charge in [0, 0.05) is 68.0 Å². The van der Waals surface area contributed by atoms with Gasteiger partial charge in [0.2, 0.25) is 27.4 Å². The van der Waals surface area contributed by atoms with Gasteiger partial charge in [0.25, 0.3) is 5.91 Å². The van der Waals surface area contributed by atoms with Gasteiger partial charge in [0.1, 0.15) is 16.5 Å². The molecule has 0 saturated carbocycles. The quantitative estimate of drug-likeness (QED) is 0.0142. The van der Waals surface area contributed by atoms with Gasteiger partial charge in [-0.1, -0.05) is 19.1 Å². The first-order valence-electron chi connectivity index (χ1n) is 28.3. The average Bonchev–Trinajstić information content (AvgIpc) is 1.11. The van der Waals surface area contributed by atoms with Gasteiger partial charge in [-0.3, -0.25) is 28.8 Å². The zero-order valence-electron chi connectivity index (χ0n) is 48.7. The lowest BCUT2D eigenvalue weighted by Gasteiger charge is -2.38. The number of amidine groups is 1. The van der Waals surface area contributed by atoms with Crippen molar-refractivity contribution in [2.24, 2.45) is 16.6 Å². The molecule has 0 radical (unpaired) electrons. The fourth-order valence-electron chi connectivity index (χ4n) is 8.20. The van der Waals surface area contributed by atoms with Crippen LogP contribution >= 0.6 is 0 Å². The number of hydrogen-bond donors (Lipinski definition) is 2. The molecule has 0 spiro atoms. The van der Waals surface area contributed by atoms with Crippen molar-refractivity contribution in [3.05, 3.63) is 71.1 Å². The molecule has 0 aliphatic carbocycles. The Morgan fingerprint density at radius 3 is 1.60 bits per heavy atom. The van der Waals surface area contributed by atoms with E-state index in [1.807, 2.05) is 26.0 Å². The molecule has 0 bridgehead atoms. The summed E-state index contributed by atoms with van der Waals surface area (Å²) in [5, 5.41) is 1.34. The van der Waals surface area contributed by atoms with E-state index >= 15 is 0 Å². The molecule has 87 heavy (non-hydrogen) atoms. The number of nitrogens with two attached hydrogens (primary N) is 1. The summed E-state index contributed by atoms with van der Waals surface area (Å²) >= 11 is 0. The van der Waals surface area contributed by atoms with E-state index in [-0.39, 0.29) is 80.8 Å². The van der Waals surface area contributed by atoms with E-state index < -0.39 is 66.4 Å². The van der Waals surface area contributed by atoms with Crippen molar-refractivity contribution < 1.29 is 110 Å². The van der Waals surface area contributed by atoms with E-state index in [0.29, 0.717) is 160 Å². The molecule has 2 aromatic carbocycles. The predicted octanol–water partition coefficient (Wildman–Crippen LogP) is 5.04. The average molecular weight is 1280 g/mol. The summed E-state index contributed by atoms with van der Waals surface area (Å²) in [6.07, 6.45) is 6.11. The van der Waals surface area contributed by atoms with E-state index in [1.165, 1.54) is 15.6 Å². The van der Waals surface area contributed by atoms with Gasteiger partial charge in [0.05, 0.1) is 151 Å². The highest BCUT2D eigenvalue weighted by Gasteiger charge is 2.37. The Labute approximate surface area is 503 Å². The maximum Gasteiger partial charge on any atom is 0.313 e. The fraction of sp³-hybridized carbons (Fsp3) is 0.589. The molecule has 486 valence electrons. The molecule has 31 heteroatoms. The minimum atomic E-state index is -5.65. The third-order valence-corrected chi connectivity index (χ3v) is 15.3. The maximum atomic E-state index is 14.0. The van der Waals surface area contributed by atoms with Crippen LogP contribution in [0.3, 0.4) is 0 Å². The van der Waals surface area contributed by atoms with Crippen LogP contribution in [-0.4, -0.2) is 218 Å². The molecule has 1 saturated heterocycles. The minimum absolute atomic E-state index is 0.0115. The first-order chi connectivity index (χ1) is 41.8. The topological polar surface area (TPSA) is 308 Å². The van der Waals surface area contributed by atoms with Crippen LogP contribution < -0.4 is 10.5 Å². The highest BCUT2D eigenvalue weighted by atomic mass is 32.2. The smallest absolute Gasteiger partial charge is 0.313 e. The Morgan fingerprint density at radius 2 is 1.13 bits per heavy atom. The molecular formula is C56H77F4N5O20S2. The second-order valence-corrected chi connectivity index (χ2v) is 22.5. The van der Waals surface area contributed by atoms with E-state index in [9.17, 15) is 48.8 Å². The summed E-state index contributed by atoms with van der Waals surface area (Å²) in [6, 6.07) is 7.00. The normalized spacial score (nSPS) is 13.9. The molecule has 2 aliphatic heterocycles. The number of Topliss-reactive ketones (excluding diaryl/α,β-unsaturated/α-hetero) is 1. The van der Waals surface area contributed by atoms with Crippen molar-refractivity contribution in [2.75, 3.05) is 158 Å². The second kappa shape index (κ2) is 38.8. The summed E-state index contributed by atoms with van der Waals surface area (Å²) < 4.78 is 174. The minimum Gasteiger partial charge on any atom is -0.420 e. The Morgan fingerprint density at radius 1 is 0.644 bits per heavy atom. The third kappa shape index (κ3) is 24.8. The summed E-state index contributed by atoms with van der Waals surface area (Å²) in [5.74, 6) is -12.6. The molecule has 1 aromatic heterocycles. The van der Waals surface area contributed by atoms with Gasteiger partial charge in [-0.05, 0) is 49.5 Å². The number of aliphatic imine (C=N–C) groups is 1. The number of benzene rings is 2. The van der Waals surface area contributed by atoms with Crippen LogP contribution in [0.4, 0.5) is 23.2 Å². The Hall–Kier alpha value is -5.49. The van der Waals surface area contributed by atoms with Crippen LogP contribution in [0, 0.1) is 29.2 Å². The SMILES string of the molecule is CCCN(OCC)C(=O)C1=Cc2ccc(-c3cncc(S(=O)(=O)N4CC(CCC(=O)CCOCCOCCOCCOCCOCCOCCOCCOCCOCCOCCC(=O)Oc5c(F)c(F)c(S(=O)(=O)O)c(F)c5F)C4)c3)cc2N=C(N)C1. The summed E-state index contributed by atoms with van der Waals surface area (Å²) in [5.41, 5.74) is 9.18. The van der Waals surface area contributed by atoms with Crippen molar-refractivity contribution >= 4 is 55.4 Å². The van der Waals surface area contributed by atoms with Crippen molar-refractivity contribution in [1.29, 1.82) is 0 Å². The van der Waals surface area contributed by atoms with Crippen LogP contribution in [0.25, 0.3) is 17.2 Å². The van der Waals surface area contributed by atoms with Gasteiger partial charge >= 0.3 is 16.1 Å². The first-order valence-corrected chi connectivity index (χ1v) is 31.1. The van der Waals surface area contributed by atoms with Crippen LogP contribution in [0.1, 0.15) is 57.9 Å². The molecular weight excluding hydrogens is 1200 g/mol. The van der Waals surface area contributed by atoms with E-state index in [1.54, 1.807) is 24.4 Å². The summed E-state index contributed by atoms with van der Waals surface area (Å²) in [4.78, 5) is 49.8.